The molecule has 0 amide bonds. The third kappa shape index (κ3) is 1.36. The van der Waals surface area contributed by atoms with Gasteiger partial charge >= 0.3 is 11.9 Å². The summed E-state index contributed by atoms with van der Waals surface area (Å²) < 4.78 is 11.4. The van der Waals surface area contributed by atoms with Crippen molar-refractivity contribution in [2.75, 3.05) is 13.2 Å². The van der Waals surface area contributed by atoms with Crippen LogP contribution in [0.1, 0.15) is 39.5 Å². The molecule has 8 aliphatic rings. The van der Waals surface area contributed by atoms with Crippen molar-refractivity contribution >= 4 is 23.5 Å². The van der Waals surface area contributed by atoms with Crippen LogP contribution >= 0.6 is 0 Å². The molecule has 0 saturated heterocycles. The van der Waals surface area contributed by atoms with E-state index in [0.717, 1.165) is 12.8 Å². The van der Waals surface area contributed by atoms with Crippen molar-refractivity contribution in [3.05, 3.63) is 0 Å². The fourth-order valence-electron chi connectivity index (χ4n) is 11.4. The molecule has 0 N–H and O–H groups in total. The van der Waals surface area contributed by atoms with E-state index in [1.807, 2.05) is 0 Å². The van der Waals surface area contributed by atoms with Crippen molar-refractivity contribution in [3.63, 3.8) is 0 Å². The van der Waals surface area contributed by atoms with Gasteiger partial charge in [0.1, 0.15) is 11.6 Å². The number of ketones is 2. The van der Waals surface area contributed by atoms with Crippen LogP contribution in [0, 0.1) is 70.0 Å². The standard InChI is InChI=1S/C24H28O6/c1-3-29-21(27)23-17-9-5-7-12(26)14(9)20-15(17)16-18(24(20,23)22(28)30-4-2)10-6-8-11(25)13(10)19(16)23/h9-10,13-20H,3-8H2,1-2H3. The van der Waals surface area contributed by atoms with Gasteiger partial charge in [0.2, 0.25) is 0 Å². The molecule has 0 aliphatic heterocycles. The summed E-state index contributed by atoms with van der Waals surface area (Å²) in [7, 11) is 0. The fraction of sp³-hybridized carbons (Fsp3) is 0.833. The second-order valence-electron chi connectivity index (χ2n) is 10.8. The first-order valence-electron chi connectivity index (χ1n) is 11.9. The predicted octanol–water partition coefficient (Wildman–Crippen LogP) is 2.04. The summed E-state index contributed by atoms with van der Waals surface area (Å²) in [5.41, 5.74) is -1.90. The number of rotatable bonds is 4. The first-order valence-corrected chi connectivity index (χ1v) is 11.9. The maximum Gasteiger partial charge on any atom is 0.313 e. The normalized spacial score (nSPS) is 57.4. The fourth-order valence-corrected chi connectivity index (χ4v) is 11.4. The van der Waals surface area contributed by atoms with Gasteiger partial charge in [-0.15, -0.1) is 0 Å². The van der Waals surface area contributed by atoms with Crippen molar-refractivity contribution in [2.45, 2.75) is 39.5 Å². The molecule has 160 valence electrons. The van der Waals surface area contributed by atoms with Gasteiger partial charge in [0, 0.05) is 24.7 Å². The van der Waals surface area contributed by atoms with Crippen LogP contribution in [0.3, 0.4) is 0 Å². The van der Waals surface area contributed by atoms with Gasteiger partial charge in [0.05, 0.1) is 24.0 Å². The van der Waals surface area contributed by atoms with Crippen LogP contribution in [0.15, 0.2) is 0 Å². The zero-order chi connectivity index (χ0) is 20.7. The van der Waals surface area contributed by atoms with Gasteiger partial charge in [-0.1, -0.05) is 0 Å². The Balaban J connectivity index is 1.51. The highest BCUT2D eigenvalue weighted by atomic mass is 16.5. The van der Waals surface area contributed by atoms with Gasteiger partial charge in [-0.25, -0.2) is 0 Å². The minimum atomic E-state index is -0.952. The van der Waals surface area contributed by atoms with E-state index in [0.29, 0.717) is 12.8 Å². The number of hydrogen-bond donors (Lipinski definition) is 0. The van der Waals surface area contributed by atoms with E-state index in [1.54, 1.807) is 13.8 Å². The van der Waals surface area contributed by atoms with E-state index in [-0.39, 0.29) is 95.9 Å². The number of Topliss-reactive ketones (excluding diaryl/α,β-unsaturated/α-hetero) is 2. The number of fused-ring (bicyclic) bond motifs is 2. The maximum absolute atomic E-state index is 13.9. The molecule has 0 aromatic carbocycles. The van der Waals surface area contributed by atoms with Crippen molar-refractivity contribution in [1.29, 1.82) is 0 Å². The van der Waals surface area contributed by atoms with Gasteiger partial charge in [-0.05, 0) is 74.0 Å². The number of ether oxygens (including phenoxy) is 2. The highest BCUT2D eigenvalue weighted by Gasteiger charge is 3.01. The predicted molar refractivity (Wildman–Crippen MR) is 102 cm³/mol. The lowest BCUT2D eigenvalue weighted by Crippen LogP contribution is -2.66. The molecule has 8 bridgehead atoms. The van der Waals surface area contributed by atoms with E-state index in [4.69, 9.17) is 9.47 Å². The molecule has 6 heteroatoms. The maximum atomic E-state index is 13.9. The SMILES string of the molecule is CCOC(=O)C12C3C4CCC(=O)C4C4C3C3C(C5CCC(=O)C5C31)C42C(=O)OCC. The van der Waals surface area contributed by atoms with E-state index < -0.39 is 10.8 Å². The average molecular weight is 412 g/mol. The summed E-state index contributed by atoms with van der Waals surface area (Å²) >= 11 is 0. The summed E-state index contributed by atoms with van der Waals surface area (Å²) in [4.78, 5) is 53.7. The Hall–Kier alpha value is -1.72. The highest BCUT2D eigenvalue weighted by Crippen LogP contribution is 2.97. The molecule has 8 saturated carbocycles. The molecular weight excluding hydrogens is 384 g/mol. The molecule has 0 spiro atoms. The van der Waals surface area contributed by atoms with Gasteiger partial charge in [-0.2, -0.15) is 0 Å². The van der Waals surface area contributed by atoms with E-state index in [1.165, 1.54) is 0 Å². The van der Waals surface area contributed by atoms with E-state index in [2.05, 4.69) is 0 Å². The summed E-state index contributed by atoms with van der Waals surface area (Å²) in [5.74, 6) is 0.363. The van der Waals surface area contributed by atoms with Gasteiger partial charge in [-0.3, -0.25) is 19.2 Å². The average Bonchev–Trinajstić information content (AvgIpc) is 3.51. The molecule has 0 aromatic heterocycles. The lowest BCUT2D eigenvalue weighted by atomic mass is 9.43. The second kappa shape index (κ2) is 5.18. The number of hydrogen-bond acceptors (Lipinski definition) is 6. The molecule has 0 aromatic rings. The van der Waals surface area contributed by atoms with Crippen molar-refractivity contribution in [1.82, 2.24) is 0 Å². The van der Waals surface area contributed by atoms with Crippen molar-refractivity contribution in [2.24, 2.45) is 70.0 Å². The molecular formula is C24H28O6. The summed E-state index contributed by atoms with van der Waals surface area (Å²) in [6, 6.07) is 0. The van der Waals surface area contributed by atoms with Crippen molar-refractivity contribution in [3.8, 4) is 0 Å². The largest absolute Gasteiger partial charge is 0.466 e. The molecule has 0 radical (unpaired) electrons. The number of carbonyl (C=O) groups is 4. The third-order valence-electron chi connectivity index (χ3n) is 10.9. The lowest BCUT2D eigenvalue weighted by molar-refractivity contribution is -0.211. The first-order chi connectivity index (χ1) is 14.5. The van der Waals surface area contributed by atoms with Crippen LogP contribution < -0.4 is 0 Å². The number of carbonyl (C=O) groups excluding carboxylic acids is 4. The van der Waals surface area contributed by atoms with Crippen LogP contribution in [0.2, 0.25) is 0 Å². The van der Waals surface area contributed by atoms with Crippen molar-refractivity contribution < 1.29 is 28.7 Å². The molecule has 0 heterocycles. The molecule has 30 heavy (non-hydrogen) atoms. The first kappa shape index (κ1) is 17.9. The minimum absolute atomic E-state index is 0.00278. The topological polar surface area (TPSA) is 86.7 Å². The Morgan fingerprint density at radius 3 is 1.53 bits per heavy atom. The summed E-state index contributed by atoms with van der Waals surface area (Å²) in [6.07, 6.45) is 2.73. The van der Waals surface area contributed by atoms with Crippen LogP contribution in [-0.4, -0.2) is 36.7 Å². The van der Waals surface area contributed by atoms with Crippen LogP contribution in [0.5, 0.6) is 0 Å². The minimum Gasteiger partial charge on any atom is -0.466 e. The van der Waals surface area contributed by atoms with Gasteiger partial charge < -0.3 is 9.47 Å². The molecule has 12 unspecified atom stereocenters. The van der Waals surface area contributed by atoms with Gasteiger partial charge in [0.25, 0.3) is 0 Å². The molecule has 8 fully saturated rings. The van der Waals surface area contributed by atoms with Crippen LogP contribution in [0.25, 0.3) is 0 Å². The Bertz CT molecular complexity index is 851. The third-order valence-corrected chi connectivity index (χ3v) is 10.9. The Kier molecular flexibility index (Phi) is 3.10. The zero-order valence-corrected chi connectivity index (χ0v) is 17.5. The molecule has 8 aliphatic carbocycles. The molecule has 6 nitrogen and oxygen atoms in total. The Morgan fingerprint density at radius 2 is 1.17 bits per heavy atom. The molecule has 12 atom stereocenters. The van der Waals surface area contributed by atoms with E-state index >= 15 is 0 Å². The Labute approximate surface area is 175 Å². The molecule has 8 rings (SSSR count). The second-order valence-corrected chi connectivity index (χ2v) is 10.8. The smallest absolute Gasteiger partial charge is 0.313 e. The monoisotopic (exact) mass is 412 g/mol. The van der Waals surface area contributed by atoms with Gasteiger partial charge in [0.15, 0.2) is 0 Å². The van der Waals surface area contributed by atoms with Crippen LogP contribution in [0.4, 0.5) is 0 Å². The zero-order valence-electron chi connectivity index (χ0n) is 17.5. The quantitative estimate of drug-likeness (QED) is 0.657. The lowest BCUT2D eigenvalue weighted by Gasteiger charge is -2.57. The summed E-state index contributed by atoms with van der Waals surface area (Å²) in [5, 5.41) is 0. The Morgan fingerprint density at radius 1 is 0.767 bits per heavy atom. The summed E-state index contributed by atoms with van der Waals surface area (Å²) in [6.45, 7) is 4.13. The highest BCUT2D eigenvalue weighted by molar-refractivity contribution is 5.99. The number of esters is 2. The van der Waals surface area contributed by atoms with E-state index in [9.17, 15) is 19.2 Å². The van der Waals surface area contributed by atoms with Crippen LogP contribution in [-0.2, 0) is 28.7 Å².